The molecule has 0 bridgehead atoms. The summed E-state index contributed by atoms with van der Waals surface area (Å²) < 4.78 is 0. The number of halogens is 1. The molecule has 1 atom stereocenters. The number of carbonyl (C=O) groups excluding carboxylic acids is 1. The van der Waals surface area contributed by atoms with Crippen LogP contribution >= 0.6 is 11.6 Å². The van der Waals surface area contributed by atoms with Crippen LogP contribution in [0.4, 0.5) is 0 Å². The number of nitrogens with zero attached hydrogens (tertiary/aromatic N) is 1. The predicted molar refractivity (Wildman–Crippen MR) is 56.1 cm³/mol. The van der Waals surface area contributed by atoms with Crippen LogP contribution in [0.1, 0.15) is 19.8 Å². The highest BCUT2D eigenvalue weighted by atomic mass is 35.5. The third kappa shape index (κ3) is 8.06. The van der Waals surface area contributed by atoms with Gasteiger partial charge in [-0.25, -0.2) is 0 Å². The van der Waals surface area contributed by atoms with E-state index in [0.717, 1.165) is 13.0 Å². The second-order valence-corrected chi connectivity index (χ2v) is 3.88. The van der Waals surface area contributed by atoms with Gasteiger partial charge in [-0.1, -0.05) is 0 Å². The lowest BCUT2D eigenvalue weighted by Gasteiger charge is -2.16. The van der Waals surface area contributed by atoms with Crippen LogP contribution < -0.4 is 5.32 Å². The molecule has 0 rings (SSSR count). The fourth-order valence-corrected chi connectivity index (χ4v) is 1.13. The van der Waals surface area contributed by atoms with Gasteiger partial charge in [-0.05, 0) is 34.0 Å². The number of amides is 1. The van der Waals surface area contributed by atoms with Gasteiger partial charge in [0.05, 0.1) is 0 Å². The molecular weight excluding hydrogens is 188 g/mol. The largest absolute Gasteiger partial charge is 0.354 e. The number of nitrogens with one attached hydrogen (secondary N) is 1. The molecule has 0 spiro atoms. The minimum Gasteiger partial charge on any atom is -0.354 e. The average molecular weight is 207 g/mol. The SMILES string of the molecule is CC(CCN(C)C)NC(=O)CCCl. The van der Waals surface area contributed by atoms with Crippen LogP contribution in [-0.2, 0) is 4.79 Å². The minimum atomic E-state index is 0.0428. The molecule has 0 aromatic heterocycles. The van der Waals surface area contributed by atoms with E-state index in [9.17, 15) is 4.79 Å². The monoisotopic (exact) mass is 206 g/mol. The quantitative estimate of drug-likeness (QED) is 0.660. The maximum Gasteiger partial charge on any atom is 0.221 e. The molecule has 0 aliphatic carbocycles. The summed E-state index contributed by atoms with van der Waals surface area (Å²) in [5.74, 6) is 0.438. The van der Waals surface area contributed by atoms with Gasteiger partial charge < -0.3 is 10.2 Å². The zero-order valence-corrected chi connectivity index (χ0v) is 9.40. The van der Waals surface area contributed by atoms with Crippen molar-refractivity contribution in [1.29, 1.82) is 0 Å². The molecule has 0 radical (unpaired) electrons. The molecule has 0 saturated carbocycles. The highest BCUT2D eigenvalue weighted by Gasteiger charge is 2.06. The highest BCUT2D eigenvalue weighted by molar-refractivity contribution is 6.18. The third-order valence-corrected chi connectivity index (χ3v) is 1.93. The van der Waals surface area contributed by atoms with Crippen molar-refractivity contribution in [3.63, 3.8) is 0 Å². The van der Waals surface area contributed by atoms with Crippen molar-refractivity contribution in [3.05, 3.63) is 0 Å². The van der Waals surface area contributed by atoms with Crippen molar-refractivity contribution in [3.8, 4) is 0 Å². The summed E-state index contributed by atoms with van der Waals surface area (Å²) in [5.41, 5.74) is 0. The topological polar surface area (TPSA) is 32.3 Å². The lowest BCUT2D eigenvalue weighted by molar-refractivity contribution is -0.121. The Morgan fingerprint density at radius 3 is 2.62 bits per heavy atom. The van der Waals surface area contributed by atoms with E-state index in [1.54, 1.807) is 0 Å². The van der Waals surface area contributed by atoms with Crippen molar-refractivity contribution < 1.29 is 4.79 Å². The summed E-state index contributed by atoms with van der Waals surface area (Å²) in [5, 5.41) is 2.89. The Balaban J connectivity index is 3.49. The standard InChI is InChI=1S/C9H19ClN2O/c1-8(5-7-12(2)3)11-9(13)4-6-10/h8H,4-7H2,1-3H3,(H,11,13). The Morgan fingerprint density at radius 1 is 1.54 bits per heavy atom. The van der Waals surface area contributed by atoms with E-state index in [2.05, 4.69) is 10.2 Å². The predicted octanol–water partition coefficient (Wildman–Crippen LogP) is 1.07. The lowest BCUT2D eigenvalue weighted by Crippen LogP contribution is -2.34. The number of carbonyl (C=O) groups is 1. The number of alkyl halides is 1. The van der Waals surface area contributed by atoms with Crippen molar-refractivity contribution in [2.75, 3.05) is 26.5 Å². The smallest absolute Gasteiger partial charge is 0.221 e. The molecule has 3 nitrogen and oxygen atoms in total. The first-order valence-electron chi connectivity index (χ1n) is 4.56. The van der Waals surface area contributed by atoms with E-state index in [1.807, 2.05) is 21.0 Å². The van der Waals surface area contributed by atoms with E-state index in [-0.39, 0.29) is 11.9 Å². The Bertz CT molecular complexity index is 151. The van der Waals surface area contributed by atoms with Crippen molar-refractivity contribution in [1.82, 2.24) is 10.2 Å². The van der Waals surface area contributed by atoms with E-state index in [4.69, 9.17) is 11.6 Å². The van der Waals surface area contributed by atoms with E-state index < -0.39 is 0 Å². The molecule has 0 fully saturated rings. The summed E-state index contributed by atoms with van der Waals surface area (Å²) >= 11 is 5.44. The molecular formula is C9H19ClN2O. The van der Waals surface area contributed by atoms with Gasteiger partial charge >= 0.3 is 0 Å². The molecule has 78 valence electrons. The van der Waals surface area contributed by atoms with E-state index in [0.29, 0.717) is 12.3 Å². The van der Waals surface area contributed by atoms with Gasteiger partial charge in [-0.2, -0.15) is 0 Å². The second-order valence-electron chi connectivity index (χ2n) is 3.50. The lowest BCUT2D eigenvalue weighted by atomic mass is 10.2. The van der Waals surface area contributed by atoms with E-state index >= 15 is 0 Å². The van der Waals surface area contributed by atoms with Crippen molar-refractivity contribution >= 4 is 17.5 Å². The van der Waals surface area contributed by atoms with Crippen LogP contribution in [0.5, 0.6) is 0 Å². The van der Waals surface area contributed by atoms with Gasteiger partial charge in [0.2, 0.25) is 5.91 Å². The van der Waals surface area contributed by atoms with Crippen LogP contribution in [0.3, 0.4) is 0 Å². The molecule has 0 heterocycles. The summed E-state index contributed by atoms with van der Waals surface area (Å²) in [4.78, 5) is 13.2. The van der Waals surface area contributed by atoms with Gasteiger partial charge in [-0.15, -0.1) is 11.6 Å². The Labute approximate surface area is 85.4 Å². The fourth-order valence-electron chi connectivity index (χ4n) is 0.957. The summed E-state index contributed by atoms with van der Waals surface area (Å²) in [6.45, 7) is 3.00. The normalized spacial score (nSPS) is 13.0. The van der Waals surface area contributed by atoms with Gasteiger partial charge in [-0.3, -0.25) is 4.79 Å². The summed E-state index contributed by atoms with van der Waals surface area (Å²) in [6.07, 6.45) is 1.38. The van der Waals surface area contributed by atoms with Crippen LogP contribution in [0.25, 0.3) is 0 Å². The van der Waals surface area contributed by atoms with E-state index in [1.165, 1.54) is 0 Å². The summed E-state index contributed by atoms with van der Waals surface area (Å²) in [6, 6.07) is 0.234. The molecule has 0 aromatic rings. The molecule has 4 heteroatoms. The zero-order valence-electron chi connectivity index (χ0n) is 8.64. The molecule has 1 unspecified atom stereocenters. The minimum absolute atomic E-state index is 0.0428. The summed E-state index contributed by atoms with van der Waals surface area (Å²) in [7, 11) is 4.04. The maximum absolute atomic E-state index is 11.1. The van der Waals surface area contributed by atoms with Crippen LogP contribution in [0.2, 0.25) is 0 Å². The molecule has 0 aliphatic rings. The highest BCUT2D eigenvalue weighted by Crippen LogP contribution is 1.93. The molecule has 13 heavy (non-hydrogen) atoms. The van der Waals surface area contributed by atoms with Crippen molar-refractivity contribution in [2.24, 2.45) is 0 Å². The second kappa shape index (κ2) is 7.15. The number of rotatable bonds is 6. The first-order valence-corrected chi connectivity index (χ1v) is 5.09. The van der Waals surface area contributed by atoms with Crippen LogP contribution in [-0.4, -0.2) is 43.4 Å². The Morgan fingerprint density at radius 2 is 2.15 bits per heavy atom. The van der Waals surface area contributed by atoms with Crippen LogP contribution in [0, 0.1) is 0 Å². The first-order chi connectivity index (χ1) is 6.06. The molecule has 0 aliphatic heterocycles. The fraction of sp³-hybridized carbons (Fsp3) is 0.889. The van der Waals surface area contributed by atoms with Crippen LogP contribution in [0.15, 0.2) is 0 Å². The average Bonchev–Trinajstić information content (AvgIpc) is 2.01. The Hall–Kier alpha value is -0.280. The maximum atomic E-state index is 11.1. The zero-order chi connectivity index (χ0) is 10.3. The van der Waals surface area contributed by atoms with Gasteiger partial charge in [0.15, 0.2) is 0 Å². The van der Waals surface area contributed by atoms with Gasteiger partial charge in [0.1, 0.15) is 0 Å². The van der Waals surface area contributed by atoms with Gasteiger partial charge in [0.25, 0.3) is 0 Å². The number of hydrogen-bond donors (Lipinski definition) is 1. The molecule has 1 amide bonds. The Kier molecular flexibility index (Phi) is 7.00. The first kappa shape index (κ1) is 12.7. The van der Waals surface area contributed by atoms with Crippen molar-refractivity contribution in [2.45, 2.75) is 25.8 Å². The molecule has 1 N–H and O–H groups in total. The number of hydrogen-bond acceptors (Lipinski definition) is 2. The molecule has 0 saturated heterocycles. The third-order valence-electron chi connectivity index (χ3n) is 1.74. The van der Waals surface area contributed by atoms with Gasteiger partial charge in [0, 0.05) is 18.3 Å². The molecule has 0 aromatic carbocycles.